The highest BCUT2D eigenvalue weighted by Gasteiger charge is 2.30. The summed E-state index contributed by atoms with van der Waals surface area (Å²) in [5.41, 5.74) is 5.47. The van der Waals surface area contributed by atoms with Crippen molar-refractivity contribution in [2.45, 2.75) is 19.5 Å². The van der Waals surface area contributed by atoms with E-state index in [2.05, 4.69) is 10.3 Å². The van der Waals surface area contributed by atoms with Crippen molar-refractivity contribution in [1.29, 1.82) is 0 Å². The van der Waals surface area contributed by atoms with E-state index in [0.29, 0.717) is 31.1 Å². The van der Waals surface area contributed by atoms with Crippen LogP contribution in [-0.4, -0.2) is 62.8 Å². The summed E-state index contributed by atoms with van der Waals surface area (Å²) in [6.45, 7) is 1.88. The van der Waals surface area contributed by atoms with E-state index >= 15 is 0 Å². The predicted octanol–water partition coefficient (Wildman–Crippen LogP) is 0.338. The fraction of sp³-hybridized carbons (Fsp3) is 0.818. The van der Waals surface area contributed by atoms with Gasteiger partial charge >= 0.3 is 6.18 Å². The van der Waals surface area contributed by atoms with Crippen molar-refractivity contribution in [3.8, 4) is 0 Å². The lowest BCUT2D eigenvalue weighted by molar-refractivity contribution is -0.157. The Morgan fingerprint density at radius 3 is 2.65 bits per heavy atom. The van der Waals surface area contributed by atoms with Gasteiger partial charge in [-0.15, -0.1) is 0 Å². The van der Waals surface area contributed by atoms with Crippen LogP contribution in [-0.2, 0) is 9.53 Å². The monoisotopic (exact) mass is 298 g/mol. The van der Waals surface area contributed by atoms with Crippen molar-refractivity contribution < 1.29 is 22.7 Å². The Kier molecular flexibility index (Phi) is 8.69. The molecule has 6 nitrogen and oxygen atoms in total. The normalized spacial score (nSPS) is 12.3. The average Bonchev–Trinajstić information content (AvgIpc) is 2.33. The number of hydrogen-bond acceptors (Lipinski definition) is 3. The molecule has 0 saturated heterocycles. The van der Waals surface area contributed by atoms with Gasteiger partial charge in [-0.25, -0.2) is 4.99 Å². The van der Waals surface area contributed by atoms with Crippen LogP contribution in [0, 0.1) is 0 Å². The number of ether oxygens (including phenoxy) is 1. The van der Waals surface area contributed by atoms with Crippen molar-refractivity contribution in [3.05, 3.63) is 0 Å². The number of carbonyl (C=O) groups is 1. The summed E-state index contributed by atoms with van der Waals surface area (Å²) in [5.74, 6) is -0.725. The third-order valence-corrected chi connectivity index (χ3v) is 2.20. The van der Waals surface area contributed by atoms with Gasteiger partial charge in [-0.3, -0.25) is 4.79 Å². The van der Waals surface area contributed by atoms with Crippen LogP contribution in [0.3, 0.4) is 0 Å². The first kappa shape index (κ1) is 18.5. The van der Waals surface area contributed by atoms with Gasteiger partial charge in [0.15, 0.2) is 5.96 Å². The first-order chi connectivity index (χ1) is 9.26. The largest absolute Gasteiger partial charge is 0.406 e. The minimum atomic E-state index is -4.42. The molecular weight excluding hydrogens is 277 g/mol. The molecule has 9 heteroatoms. The van der Waals surface area contributed by atoms with Gasteiger partial charge in [0.05, 0.1) is 0 Å². The van der Waals surface area contributed by atoms with Gasteiger partial charge in [-0.2, -0.15) is 13.2 Å². The Morgan fingerprint density at radius 2 is 2.10 bits per heavy atom. The molecule has 0 aliphatic rings. The minimum Gasteiger partial charge on any atom is -0.382 e. The van der Waals surface area contributed by atoms with Gasteiger partial charge in [0.25, 0.3) is 0 Å². The number of hydrogen-bond donors (Lipinski definition) is 2. The molecule has 20 heavy (non-hydrogen) atoms. The molecule has 0 heterocycles. The molecule has 0 aromatic heterocycles. The van der Waals surface area contributed by atoms with Crippen LogP contribution in [0.1, 0.15) is 13.3 Å². The standard InChI is InChI=1S/C11H21F3N4O2/c1-3-20-6-4-5-16-10(15)17-7-9(19)18(2)8-11(12,13)14/h3-8H2,1-2H3,(H3,15,16,17). The first-order valence-electron chi connectivity index (χ1n) is 6.18. The second kappa shape index (κ2) is 9.40. The Labute approximate surface area is 116 Å². The summed E-state index contributed by atoms with van der Waals surface area (Å²) < 4.78 is 41.3. The smallest absolute Gasteiger partial charge is 0.382 e. The van der Waals surface area contributed by atoms with Crippen molar-refractivity contribution in [2.75, 3.05) is 39.9 Å². The number of likely N-dealkylation sites (N-methyl/N-ethyl adjacent to an activating group) is 1. The molecule has 0 aliphatic heterocycles. The number of carbonyl (C=O) groups excluding carboxylic acids is 1. The Bertz CT molecular complexity index is 321. The fourth-order valence-corrected chi connectivity index (χ4v) is 1.22. The molecule has 0 aliphatic carbocycles. The van der Waals surface area contributed by atoms with Crippen molar-refractivity contribution in [2.24, 2.45) is 10.7 Å². The topological polar surface area (TPSA) is 80.0 Å². The minimum absolute atomic E-state index is 0.0234. The van der Waals surface area contributed by atoms with E-state index in [1.165, 1.54) is 0 Å². The van der Waals surface area contributed by atoms with E-state index in [9.17, 15) is 18.0 Å². The van der Waals surface area contributed by atoms with E-state index in [4.69, 9.17) is 10.5 Å². The van der Waals surface area contributed by atoms with Crippen molar-refractivity contribution in [1.82, 2.24) is 10.2 Å². The summed E-state index contributed by atoms with van der Waals surface area (Å²) in [6.07, 6.45) is -3.71. The van der Waals surface area contributed by atoms with Crippen molar-refractivity contribution >= 4 is 11.9 Å². The van der Waals surface area contributed by atoms with Gasteiger partial charge in [0, 0.05) is 26.8 Å². The maximum Gasteiger partial charge on any atom is 0.406 e. The summed E-state index contributed by atoms with van der Waals surface area (Å²) in [6, 6.07) is 0. The highest BCUT2D eigenvalue weighted by atomic mass is 19.4. The summed E-state index contributed by atoms with van der Waals surface area (Å²) in [5, 5.41) is 2.74. The number of rotatable bonds is 8. The maximum atomic E-state index is 12.1. The SMILES string of the molecule is CCOCCCNC(N)=NCC(=O)N(C)CC(F)(F)F. The number of aliphatic imine (C=N–C) groups is 1. The van der Waals surface area contributed by atoms with E-state index in [-0.39, 0.29) is 5.96 Å². The number of guanidine groups is 1. The maximum absolute atomic E-state index is 12.1. The third kappa shape index (κ3) is 10.4. The molecular formula is C11H21F3N4O2. The molecule has 0 fully saturated rings. The number of alkyl halides is 3. The van der Waals surface area contributed by atoms with E-state index in [0.717, 1.165) is 7.05 Å². The van der Waals surface area contributed by atoms with Crippen LogP contribution in [0.5, 0.6) is 0 Å². The highest BCUT2D eigenvalue weighted by Crippen LogP contribution is 2.15. The molecule has 0 atom stereocenters. The fourth-order valence-electron chi connectivity index (χ4n) is 1.22. The molecule has 0 saturated carbocycles. The zero-order chi connectivity index (χ0) is 15.6. The third-order valence-electron chi connectivity index (χ3n) is 2.20. The Morgan fingerprint density at radius 1 is 1.45 bits per heavy atom. The summed E-state index contributed by atoms with van der Waals surface area (Å²) in [4.78, 5) is 15.6. The molecule has 0 rings (SSSR count). The predicted molar refractivity (Wildman–Crippen MR) is 69.3 cm³/mol. The van der Waals surface area contributed by atoms with E-state index in [1.54, 1.807) is 0 Å². The van der Waals surface area contributed by atoms with Crippen molar-refractivity contribution in [3.63, 3.8) is 0 Å². The molecule has 1 amide bonds. The lowest BCUT2D eigenvalue weighted by atomic mass is 10.4. The molecule has 3 N–H and O–H groups in total. The lowest BCUT2D eigenvalue weighted by Gasteiger charge is -2.17. The zero-order valence-corrected chi connectivity index (χ0v) is 11.7. The molecule has 0 aromatic carbocycles. The second-order valence-electron chi connectivity index (χ2n) is 4.04. The highest BCUT2D eigenvalue weighted by molar-refractivity contribution is 5.83. The van der Waals surface area contributed by atoms with E-state index < -0.39 is 25.2 Å². The van der Waals surface area contributed by atoms with E-state index in [1.807, 2.05) is 6.92 Å². The Hall–Kier alpha value is -1.51. The van der Waals surface area contributed by atoms with Crippen LogP contribution in [0.15, 0.2) is 4.99 Å². The molecule has 0 unspecified atom stereocenters. The number of amides is 1. The van der Waals surface area contributed by atoms with Gasteiger partial charge in [-0.1, -0.05) is 0 Å². The van der Waals surface area contributed by atoms with Crippen LogP contribution in [0.2, 0.25) is 0 Å². The zero-order valence-electron chi connectivity index (χ0n) is 11.7. The second-order valence-corrected chi connectivity index (χ2v) is 4.04. The first-order valence-corrected chi connectivity index (χ1v) is 6.18. The van der Waals surface area contributed by atoms with Gasteiger partial charge in [0.2, 0.25) is 5.91 Å². The number of nitrogens with zero attached hydrogens (tertiary/aromatic N) is 2. The number of halogens is 3. The molecule has 0 spiro atoms. The van der Waals surface area contributed by atoms with Gasteiger partial charge in [0.1, 0.15) is 13.1 Å². The van der Waals surface area contributed by atoms with Crippen LogP contribution in [0.4, 0.5) is 13.2 Å². The molecule has 0 bridgehead atoms. The molecule has 0 radical (unpaired) electrons. The van der Waals surface area contributed by atoms with Crippen LogP contribution < -0.4 is 11.1 Å². The Balaban J connectivity index is 3.92. The van der Waals surface area contributed by atoms with Crippen LogP contribution in [0.25, 0.3) is 0 Å². The summed E-state index contributed by atoms with van der Waals surface area (Å²) >= 11 is 0. The van der Waals surface area contributed by atoms with Gasteiger partial charge in [-0.05, 0) is 13.3 Å². The number of nitrogens with one attached hydrogen (secondary N) is 1. The van der Waals surface area contributed by atoms with Crippen LogP contribution >= 0.6 is 0 Å². The molecule has 118 valence electrons. The molecule has 0 aromatic rings. The summed E-state index contributed by atoms with van der Waals surface area (Å²) in [7, 11) is 1.07. The lowest BCUT2D eigenvalue weighted by Crippen LogP contribution is -2.38. The quantitative estimate of drug-likeness (QED) is 0.385. The average molecular weight is 298 g/mol. The number of nitrogens with two attached hydrogens (primary N) is 1. The van der Waals surface area contributed by atoms with Gasteiger partial charge < -0.3 is 20.7 Å².